The fraction of sp³-hybridized carbons (Fsp3) is 0.346. The summed E-state index contributed by atoms with van der Waals surface area (Å²) in [6, 6.07) is 17.5. The quantitative estimate of drug-likeness (QED) is 0.561. The van der Waals surface area contributed by atoms with E-state index in [-0.39, 0.29) is 17.9 Å². The Morgan fingerprint density at radius 2 is 1.79 bits per heavy atom. The molecule has 1 saturated heterocycles. The van der Waals surface area contributed by atoms with Gasteiger partial charge in [0, 0.05) is 31.1 Å². The van der Waals surface area contributed by atoms with E-state index in [2.05, 4.69) is 22.4 Å². The molecule has 2 amide bonds. The highest BCUT2D eigenvalue weighted by molar-refractivity contribution is 7.13. The predicted molar refractivity (Wildman–Crippen MR) is 130 cm³/mol. The van der Waals surface area contributed by atoms with Crippen LogP contribution in [0, 0.1) is 6.92 Å². The van der Waals surface area contributed by atoms with Crippen LogP contribution in [0.25, 0.3) is 0 Å². The molecule has 1 fully saturated rings. The molecule has 0 spiro atoms. The Morgan fingerprint density at radius 1 is 1.09 bits per heavy atom. The molecule has 0 radical (unpaired) electrons. The minimum Gasteiger partial charge on any atom is -0.494 e. The first-order chi connectivity index (χ1) is 16.0. The highest BCUT2D eigenvalue weighted by Crippen LogP contribution is 2.22. The van der Waals surface area contributed by atoms with Gasteiger partial charge in [0.2, 0.25) is 0 Å². The Balaban J connectivity index is 1.30. The fourth-order valence-electron chi connectivity index (χ4n) is 4.03. The molecule has 1 N–H and O–H groups in total. The molecule has 0 unspecified atom stereocenters. The number of carbonyl (C=O) groups excluding carboxylic acids is 2. The van der Waals surface area contributed by atoms with Crippen molar-refractivity contribution in [1.82, 2.24) is 15.2 Å². The zero-order valence-corrected chi connectivity index (χ0v) is 19.9. The van der Waals surface area contributed by atoms with Crippen LogP contribution >= 0.6 is 11.3 Å². The van der Waals surface area contributed by atoms with E-state index in [1.54, 1.807) is 12.1 Å². The van der Waals surface area contributed by atoms with Crippen molar-refractivity contribution in [3.05, 3.63) is 81.3 Å². The van der Waals surface area contributed by atoms with E-state index in [9.17, 15) is 9.59 Å². The maximum absolute atomic E-state index is 12.9. The molecule has 7 heteroatoms. The molecule has 3 aromatic rings. The zero-order chi connectivity index (χ0) is 23.2. The Morgan fingerprint density at radius 3 is 2.45 bits per heavy atom. The summed E-state index contributed by atoms with van der Waals surface area (Å²) in [6.07, 6.45) is 2.21. The molecule has 0 aliphatic carbocycles. The lowest BCUT2D eigenvalue weighted by Gasteiger charge is -2.32. The predicted octanol–water partition coefficient (Wildman–Crippen LogP) is 4.48. The van der Waals surface area contributed by atoms with Gasteiger partial charge in [0.25, 0.3) is 11.8 Å². The first-order valence-corrected chi connectivity index (χ1v) is 12.2. The normalized spacial score (nSPS) is 14.2. The van der Waals surface area contributed by atoms with Crippen LogP contribution in [0.4, 0.5) is 0 Å². The van der Waals surface area contributed by atoms with E-state index in [1.807, 2.05) is 49.1 Å². The molecular formula is C26H29N3O3S. The highest BCUT2D eigenvalue weighted by Gasteiger charge is 2.26. The number of aryl methyl sites for hydroxylation is 1. The molecule has 1 aliphatic rings. The van der Waals surface area contributed by atoms with Gasteiger partial charge in [-0.1, -0.05) is 30.3 Å². The number of hydrogen-bond donors (Lipinski definition) is 1. The summed E-state index contributed by atoms with van der Waals surface area (Å²) < 4.78 is 5.44. The van der Waals surface area contributed by atoms with Crippen molar-refractivity contribution in [2.45, 2.75) is 39.2 Å². The fourth-order valence-corrected chi connectivity index (χ4v) is 5.03. The van der Waals surface area contributed by atoms with Gasteiger partial charge in [-0.25, -0.2) is 4.98 Å². The molecule has 33 heavy (non-hydrogen) atoms. The number of thiazole rings is 1. The average Bonchev–Trinajstić information content (AvgIpc) is 3.20. The SMILES string of the molecule is CCOc1ccc(C(=O)N2CCC(NC(=O)c3sc(Cc4ccccc4)nc3C)CC2)cc1. The Labute approximate surface area is 198 Å². The number of carbonyl (C=O) groups is 2. The summed E-state index contributed by atoms with van der Waals surface area (Å²) >= 11 is 1.46. The summed E-state index contributed by atoms with van der Waals surface area (Å²) in [6.45, 7) is 5.66. The van der Waals surface area contributed by atoms with Crippen molar-refractivity contribution in [3.8, 4) is 5.75 Å². The summed E-state index contributed by atoms with van der Waals surface area (Å²) in [4.78, 5) is 32.8. The van der Waals surface area contributed by atoms with Crippen LogP contribution in [-0.4, -0.2) is 47.4 Å². The number of rotatable bonds is 7. The van der Waals surface area contributed by atoms with Crippen molar-refractivity contribution in [3.63, 3.8) is 0 Å². The molecule has 1 aromatic heterocycles. The van der Waals surface area contributed by atoms with Crippen LogP contribution in [0.3, 0.4) is 0 Å². The standard InChI is InChI=1S/C26H29N3O3S/c1-3-32-22-11-9-20(10-12-22)26(31)29-15-13-21(14-16-29)28-25(30)24-18(2)27-23(33-24)17-19-7-5-4-6-8-19/h4-12,21H,3,13-17H2,1-2H3,(H,28,30). The molecule has 2 heterocycles. The first-order valence-electron chi connectivity index (χ1n) is 11.4. The lowest BCUT2D eigenvalue weighted by Crippen LogP contribution is -2.46. The van der Waals surface area contributed by atoms with Gasteiger partial charge < -0.3 is 15.0 Å². The second kappa shape index (κ2) is 10.6. The third-order valence-corrected chi connectivity index (χ3v) is 6.93. The molecule has 4 rings (SSSR count). The maximum Gasteiger partial charge on any atom is 0.263 e. The van der Waals surface area contributed by atoms with Gasteiger partial charge >= 0.3 is 0 Å². The van der Waals surface area contributed by atoms with Gasteiger partial charge in [0.05, 0.1) is 17.3 Å². The van der Waals surface area contributed by atoms with E-state index in [0.717, 1.165) is 35.7 Å². The van der Waals surface area contributed by atoms with Crippen molar-refractivity contribution < 1.29 is 14.3 Å². The van der Waals surface area contributed by atoms with Crippen LogP contribution < -0.4 is 10.1 Å². The summed E-state index contributed by atoms with van der Waals surface area (Å²) in [5.41, 5.74) is 2.61. The topological polar surface area (TPSA) is 71.5 Å². The van der Waals surface area contributed by atoms with Gasteiger partial charge in [-0.15, -0.1) is 11.3 Å². The Bertz CT molecular complexity index is 1090. The minimum atomic E-state index is -0.0689. The number of benzene rings is 2. The number of hydrogen-bond acceptors (Lipinski definition) is 5. The summed E-state index contributed by atoms with van der Waals surface area (Å²) in [7, 11) is 0. The monoisotopic (exact) mass is 463 g/mol. The van der Waals surface area contributed by atoms with Crippen LogP contribution in [0.1, 0.15) is 56.1 Å². The molecular weight excluding hydrogens is 434 g/mol. The van der Waals surface area contributed by atoms with Crippen LogP contribution in [-0.2, 0) is 6.42 Å². The van der Waals surface area contributed by atoms with Gasteiger partial charge in [-0.2, -0.15) is 0 Å². The largest absolute Gasteiger partial charge is 0.494 e. The molecule has 0 saturated carbocycles. The number of aromatic nitrogens is 1. The lowest BCUT2D eigenvalue weighted by molar-refractivity contribution is 0.0698. The molecule has 6 nitrogen and oxygen atoms in total. The van der Waals surface area contributed by atoms with E-state index in [0.29, 0.717) is 30.1 Å². The number of ether oxygens (including phenoxy) is 1. The van der Waals surface area contributed by atoms with Gasteiger partial charge in [0.1, 0.15) is 10.6 Å². The average molecular weight is 464 g/mol. The molecule has 172 valence electrons. The van der Waals surface area contributed by atoms with E-state index in [4.69, 9.17) is 4.74 Å². The third kappa shape index (κ3) is 5.79. The first kappa shape index (κ1) is 23.0. The van der Waals surface area contributed by atoms with E-state index >= 15 is 0 Å². The summed E-state index contributed by atoms with van der Waals surface area (Å²) in [5.74, 6) is 0.716. The van der Waals surface area contributed by atoms with E-state index < -0.39 is 0 Å². The smallest absolute Gasteiger partial charge is 0.263 e. The second-order valence-electron chi connectivity index (χ2n) is 8.18. The number of nitrogens with one attached hydrogen (secondary N) is 1. The van der Waals surface area contributed by atoms with Crippen molar-refractivity contribution in [2.75, 3.05) is 19.7 Å². The van der Waals surface area contributed by atoms with Crippen molar-refractivity contribution in [2.24, 2.45) is 0 Å². The Kier molecular flexibility index (Phi) is 7.40. The zero-order valence-electron chi connectivity index (χ0n) is 19.0. The molecule has 0 bridgehead atoms. The van der Waals surface area contributed by atoms with Crippen LogP contribution in [0.5, 0.6) is 5.75 Å². The van der Waals surface area contributed by atoms with Gasteiger partial charge in [-0.3, -0.25) is 9.59 Å². The molecule has 2 aromatic carbocycles. The number of piperidine rings is 1. The van der Waals surface area contributed by atoms with Crippen molar-refractivity contribution in [1.29, 1.82) is 0 Å². The molecule has 1 aliphatic heterocycles. The minimum absolute atomic E-state index is 0.0201. The second-order valence-corrected chi connectivity index (χ2v) is 9.27. The maximum atomic E-state index is 12.9. The molecule has 0 atom stereocenters. The summed E-state index contributed by atoms with van der Waals surface area (Å²) in [5, 5.41) is 4.10. The van der Waals surface area contributed by atoms with Crippen molar-refractivity contribution >= 4 is 23.2 Å². The van der Waals surface area contributed by atoms with E-state index in [1.165, 1.54) is 16.9 Å². The third-order valence-electron chi connectivity index (χ3n) is 5.77. The lowest BCUT2D eigenvalue weighted by atomic mass is 10.0. The number of amides is 2. The number of nitrogens with zero attached hydrogens (tertiary/aromatic N) is 2. The van der Waals surface area contributed by atoms with Gasteiger partial charge in [0.15, 0.2) is 0 Å². The van der Waals surface area contributed by atoms with Gasteiger partial charge in [-0.05, 0) is 56.5 Å². The number of likely N-dealkylation sites (tertiary alicyclic amines) is 1. The van der Waals surface area contributed by atoms with Crippen LogP contribution in [0.2, 0.25) is 0 Å². The Hall–Kier alpha value is -3.19. The van der Waals surface area contributed by atoms with Crippen LogP contribution in [0.15, 0.2) is 54.6 Å². The highest BCUT2D eigenvalue weighted by atomic mass is 32.1.